The Bertz CT molecular complexity index is 667. The van der Waals surface area contributed by atoms with Crippen molar-refractivity contribution in [3.63, 3.8) is 0 Å². The average Bonchev–Trinajstić information content (AvgIpc) is 2.65. The Hall–Kier alpha value is -2.11. The number of fused-ring (bicyclic) bond motifs is 1. The van der Waals surface area contributed by atoms with Crippen molar-refractivity contribution >= 4 is 17.0 Å². The Labute approximate surface area is 103 Å². The lowest BCUT2D eigenvalue weighted by Gasteiger charge is -2.09. The van der Waals surface area contributed by atoms with Crippen molar-refractivity contribution in [1.82, 2.24) is 14.3 Å². The van der Waals surface area contributed by atoms with Gasteiger partial charge in [0.05, 0.1) is 6.20 Å². The van der Waals surface area contributed by atoms with Crippen LogP contribution in [0.3, 0.4) is 0 Å². The Morgan fingerprint density at radius 2 is 2.17 bits per heavy atom. The smallest absolute Gasteiger partial charge is 0.341 e. The Morgan fingerprint density at radius 3 is 2.72 bits per heavy atom. The zero-order chi connectivity index (χ0) is 13.4. The van der Waals surface area contributed by atoms with Gasteiger partial charge in [-0.05, 0) is 12.0 Å². The van der Waals surface area contributed by atoms with E-state index in [0.29, 0.717) is 23.5 Å². The number of carbonyl (C=O) groups is 1. The molecule has 0 unspecified atom stereocenters. The van der Waals surface area contributed by atoms with Gasteiger partial charge in [-0.15, -0.1) is 0 Å². The summed E-state index contributed by atoms with van der Waals surface area (Å²) in [5, 5.41) is 13.8. The molecule has 2 heterocycles. The van der Waals surface area contributed by atoms with Crippen LogP contribution in [0.2, 0.25) is 0 Å². The molecule has 0 aliphatic heterocycles. The summed E-state index contributed by atoms with van der Waals surface area (Å²) < 4.78 is 3.07. The van der Waals surface area contributed by atoms with E-state index in [9.17, 15) is 9.59 Å². The number of pyridine rings is 1. The van der Waals surface area contributed by atoms with Gasteiger partial charge in [-0.3, -0.25) is 9.36 Å². The number of carboxylic acid groups (broad SMARTS) is 1. The number of carboxylic acids is 1. The van der Waals surface area contributed by atoms with Gasteiger partial charge < -0.3 is 5.11 Å². The van der Waals surface area contributed by atoms with Crippen LogP contribution in [0.1, 0.15) is 24.2 Å². The predicted molar refractivity (Wildman–Crippen MR) is 66.8 cm³/mol. The molecule has 0 bridgehead atoms. The van der Waals surface area contributed by atoms with Crippen molar-refractivity contribution in [2.45, 2.75) is 20.4 Å². The van der Waals surface area contributed by atoms with Crippen LogP contribution in [-0.2, 0) is 13.6 Å². The van der Waals surface area contributed by atoms with Crippen LogP contribution in [0.25, 0.3) is 11.0 Å². The molecular formula is C12H15N3O3. The summed E-state index contributed by atoms with van der Waals surface area (Å²) in [6, 6.07) is 1.38. The minimum atomic E-state index is -1.21. The molecule has 0 aliphatic rings. The van der Waals surface area contributed by atoms with Gasteiger partial charge in [0, 0.05) is 19.0 Å². The summed E-state index contributed by atoms with van der Waals surface area (Å²) in [5.74, 6) is -0.823. The molecule has 18 heavy (non-hydrogen) atoms. The maximum absolute atomic E-state index is 11.9. The maximum atomic E-state index is 11.9. The number of aryl methyl sites for hydroxylation is 1. The highest BCUT2D eigenvalue weighted by Crippen LogP contribution is 2.14. The second kappa shape index (κ2) is 4.29. The van der Waals surface area contributed by atoms with E-state index in [2.05, 4.69) is 18.9 Å². The molecule has 0 atom stereocenters. The first kappa shape index (κ1) is 12.3. The Morgan fingerprint density at radius 1 is 1.50 bits per heavy atom. The number of nitrogens with zero attached hydrogens (tertiary/aromatic N) is 3. The third-order valence-electron chi connectivity index (χ3n) is 2.76. The molecule has 2 aromatic heterocycles. The molecule has 2 rings (SSSR count). The van der Waals surface area contributed by atoms with Crippen molar-refractivity contribution in [2.75, 3.05) is 0 Å². The third kappa shape index (κ3) is 1.90. The first-order valence-electron chi connectivity index (χ1n) is 5.70. The molecule has 0 radical (unpaired) electrons. The number of hydrogen-bond acceptors (Lipinski definition) is 3. The molecule has 6 heteroatoms. The van der Waals surface area contributed by atoms with Crippen molar-refractivity contribution in [3.05, 3.63) is 28.2 Å². The minimum Gasteiger partial charge on any atom is -0.477 e. The topological polar surface area (TPSA) is 77.1 Å². The molecular weight excluding hydrogens is 234 g/mol. The quantitative estimate of drug-likeness (QED) is 0.883. The minimum absolute atomic E-state index is 0.228. The van der Waals surface area contributed by atoms with Crippen LogP contribution in [0.5, 0.6) is 0 Å². The zero-order valence-corrected chi connectivity index (χ0v) is 10.5. The van der Waals surface area contributed by atoms with Gasteiger partial charge in [0.15, 0.2) is 0 Å². The lowest BCUT2D eigenvalue weighted by Crippen LogP contribution is -2.25. The number of rotatable bonds is 3. The number of aromatic nitrogens is 3. The fourth-order valence-corrected chi connectivity index (χ4v) is 1.99. The van der Waals surface area contributed by atoms with Gasteiger partial charge in [0.2, 0.25) is 0 Å². The summed E-state index contributed by atoms with van der Waals surface area (Å²) in [4.78, 5) is 22.9. The first-order valence-corrected chi connectivity index (χ1v) is 5.70. The zero-order valence-electron chi connectivity index (χ0n) is 10.5. The second-order valence-corrected chi connectivity index (χ2v) is 4.73. The maximum Gasteiger partial charge on any atom is 0.341 e. The van der Waals surface area contributed by atoms with E-state index in [0.717, 1.165) is 0 Å². The molecule has 0 fully saturated rings. The van der Waals surface area contributed by atoms with E-state index in [1.54, 1.807) is 17.9 Å². The summed E-state index contributed by atoms with van der Waals surface area (Å²) >= 11 is 0. The lowest BCUT2D eigenvalue weighted by molar-refractivity contribution is 0.0694. The number of aromatic carboxylic acids is 1. The second-order valence-electron chi connectivity index (χ2n) is 4.73. The highest BCUT2D eigenvalue weighted by molar-refractivity contribution is 5.91. The standard InChI is InChI=1S/C12H15N3O3/c1-7(2)6-15-10-8(5-13-15)4-9(12(17)18)11(16)14(10)3/h4-5,7H,6H2,1-3H3,(H,17,18). The summed E-state index contributed by atoms with van der Waals surface area (Å²) in [5.41, 5.74) is -0.0895. The monoisotopic (exact) mass is 249 g/mol. The van der Waals surface area contributed by atoms with Crippen LogP contribution in [0.4, 0.5) is 0 Å². The van der Waals surface area contributed by atoms with E-state index < -0.39 is 11.5 Å². The van der Waals surface area contributed by atoms with Crippen molar-refractivity contribution < 1.29 is 9.90 Å². The van der Waals surface area contributed by atoms with Gasteiger partial charge in [-0.1, -0.05) is 13.8 Å². The Kier molecular flexibility index (Phi) is 2.94. The highest BCUT2D eigenvalue weighted by atomic mass is 16.4. The van der Waals surface area contributed by atoms with Crippen LogP contribution in [0.15, 0.2) is 17.1 Å². The van der Waals surface area contributed by atoms with Crippen molar-refractivity contribution in [3.8, 4) is 0 Å². The van der Waals surface area contributed by atoms with Gasteiger partial charge in [0.25, 0.3) is 5.56 Å². The molecule has 0 amide bonds. The SMILES string of the molecule is CC(C)Cn1ncc2cc(C(=O)O)c(=O)n(C)c21. The van der Waals surface area contributed by atoms with E-state index in [1.807, 2.05) is 0 Å². The molecule has 96 valence electrons. The van der Waals surface area contributed by atoms with E-state index >= 15 is 0 Å². The lowest BCUT2D eigenvalue weighted by atomic mass is 10.2. The van der Waals surface area contributed by atoms with Gasteiger partial charge in [-0.25, -0.2) is 9.48 Å². The highest BCUT2D eigenvalue weighted by Gasteiger charge is 2.16. The molecule has 0 aromatic carbocycles. The van der Waals surface area contributed by atoms with E-state index in [4.69, 9.17) is 5.11 Å². The van der Waals surface area contributed by atoms with Crippen LogP contribution < -0.4 is 5.56 Å². The van der Waals surface area contributed by atoms with Crippen LogP contribution in [0, 0.1) is 5.92 Å². The fraction of sp³-hybridized carbons (Fsp3) is 0.417. The molecule has 0 saturated heterocycles. The molecule has 2 aromatic rings. The van der Waals surface area contributed by atoms with Gasteiger partial charge in [0.1, 0.15) is 11.2 Å². The normalized spacial score (nSPS) is 11.3. The fourth-order valence-electron chi connectivity index (χ4n) is 1.99. The van der Waals surface area contributed by atoms with Crippen LogP contribution >= 0.6 is 0 Å². The van der Waals surface area contributed by atoms with E-state index in [-0.39, 0.29) is 5.56 Å². The molecule has 0 spiro atoms. The molecule has 1 N–H and O–H groups in total. The van der Waals surface area contributed by atoms with Crippen molar-refractivity contribution in [1.29, 1.82) is 0 Å². The van der Waals surface area contributed by atoms with E-state index in [1.165, 1.54) is 10.6 Å². The predicted octanol–water partition coefficient (Wildman–Crippen LogP) is 1.09. The Balaban J connectivity index is 2.73. The summed E-state index contributed by atoms with van der Waals surface area (Å²) in [6.45, 7) is 4.79. The first-order chi connectivity index (χ1) is 8.41. The molecule has 0 aliphatic carbocycles. The number of hydrogen-bond donors (Lipinski definition) is 1. The van der Waals surface area contributed by atoms with Gasteiger partial charge in [-0.2, -0.15) is 5.10 Å². The summed E-state index contributed by atoms with van der Waals surface area (Å²) in [6.07, 6.45) is 1.59. The average molecular weight is 249 g/mol. The summed E-state index contributed by atoms with van der Waals surface area (Å²) in [7, 11) is 1.57. The largest absolute Gasteiger partial charge is 0.477 e. The molecule has 6 nitrogen and oxygen atoms in total. The van der Waals surface area contributed by atoms with Gasteiger partial charge >= 0.3 is 5.97 Å². The third-order valence-corrected chi connectivity index (χ3v) is 2.76. The van der Waals surface area contributed by atoms with Crippen molar-refractivity contribution in [2.24, 2.45) is 13.0 Å². The molecule has 0 saturated carbocycles. The van der Waals surface area contributed by atoms with Crippen LogP contribution in [-0.4, -0.2) is 25.4 Å².